The standard InChI is InChI=1S/C16H25NO2S2/c1-17(2)8-4-9-19-16(18)7-10-21-13-15-6-3-5-14(11-15)12-20/h3,5-6,11,20H,4,7-10,12-13H2,1-2H3. The van der Waals surface area contributed by atoms with E-state index in [1.165, 1.54) is 11.1 Å². The van der Waals surface area contributed by atoms with Gasteiger partial charge in [0.05, 0.1) is 13.0 Å². The van der Waals surface area contributed by atoms with E-state index < -0.39 is 0 Å². The van der Waals surface area contributed by atoms with Crippen LogP contribution in [0.5, 0.6) is 0 Å². The molecule has 0 bridgehead atoms. The first kappa shape index (κ1) is 18.4. The summed E-state index contributed by atoms with van der Waals surface area (Å²) in [6.07, 6.45) is 1.38. The van der Waals surface area contributed by atoms with E-state index in [9.17, 15) is 4.79 Å². The molecule has 0 radical (unpaired) electrons. The maximum absolute atomic E-state index is 11.5. The van der Waals surface area contributed by atoms with Crippen molar-refractivity contribution in [3.63, 3.8) is 0 Å². The van der Waals surface area contributed by atoms with E-state index in [1.54, 1.807) is 11.8 Å². The van der Waals surface area contributed by atoms with Crippen molar-refractivity contribution in [1.29, 1.82) is 0 Å². The van der Waals surface area contributed by atoms with Crippen molar-refractivity contribution < 1.29 is 9.53 Å². The highest BCUT2D eigenvalue weighted by Crippen LogP contribution is 2.15. The number of ether oxygens (including phenoxy) is 1. The molecule has 0 saturated heterocycles. The molecule has 1 aromatic carbocycles. The molecule has 1 aromatic rings. The molecule has 0 aliphatic carbocycles. The van der Waals surface area contributed by atoms with Crippen LogP contribution in [0.15, 0.2) is 24.3 Å². The lowest BCUT2D eigenvalue weighted by atomic mass is 10.2. The minimum absolute atomic E-state index is 0.0923. The lowest BCUT2D eigenvalue weighted by Crippen LogP contribution is -2.16. The normalized spacial score (nSPS) is 10.9. The third-order valence-electron chi connectivity index (χ3n) is 2.91. The van der Waals surface area contributed by atoms with E-state index >= 15 is 0 Å². The second-order valence-corrected chi connectivity index (χ2v) is 6.58. The lowest BCUT2D eigenvalue weighted by molar-refractivity contribution is -0.143. The molecular weight excluding hydrogens is 302 g/mol. The van der Waals surface area contributed by atoms with E-state index in [4.69, 9.17) is 4.74 Å². The molecular formula is C16H25NO2S2. The first-order valence-electron chi connectivity index (χ1n) is 7.18. The topological polar surface area (TPSA) is 29.5 Å². The fraction of sp³-hybridized carbons (Fsp3) is 0.562. The molecule has 21 heavy (non-hydrogen) atoms. The van der Waals surface area contributed by atoms with Crippen molar-refractivity contribution in [2.45, 2.75) is 24.3 Å². The Bertz CT molecular complexity index is 424. The number of carbonyl (C=O) groups is 1. The van der Waals surface area contributed by atoms with Gasteiger partial charge in [0, 0.05) is 23.8 Å². The van der Waals surface area contributed by atoms with Crippen molar-refractivity contribution in [1.82, 2.24) is 4.90 Å². The van der Waals surface area contributed by atoms with Crippen LogP contribution >= 0.6 is 24.4 Å². The van der Waals surface area contributed by atoms with Crippen LogP contribution in [0.2, 0.25) is 0 Å². The van der Waals surface area contributed by atoms with E-state index in [1.807, 2.05) is 14.1 Å². The largest absolute Gasteiger partial charge is 0.466 e. The fourth-order valence-corrected chi connectivity index (χ4v) is 2.87. The van der Waals surface area contributed by atoms with Gasteiger partial charge in [-0.1, -0.05) is 24.3 Å². The molecule has 0 atom stereocenters. The lowest BCUT2D eigenvalue weighted by Gasteiger charge is -2.09. The number of thiol groups is 1. The monoisotopic (exact) mass is 327 g/mol. The average Bonchev–Trinajstić information content (AvgIpc) is 2.48. The molecule has 5 heteroatoms. The van der Waals surface area contributed by atoms with Gasteiger partial charge in [-0.3, -0.25) is 4.79 Å². The Labute approximate surface area is 137 Å². The highest BCUT2D eigenvalue weighted by Gasteiger charge is 2.03. The van der Waals surface area contributed by atoms with Crippen molar-refractivity contribution in [2.24, 2.45) is 0 Å². The predicted molar refractivity (Wildman–Crippen MR) is 94.0 cm³/mol. The SMILES string of the molecule is CN(C)CCCOC(=O)CCSCc1cccc(CS)c1. The number of thioether (sulfide) groups is 1. The summed E-state index contributed by atoms with van der Waals surface area (Å²) in [7, 11) is 4.03. The molecule has 3 nitrogen and oxygen atoms in total. The minimum Gasteiger partial charge on any atom is -0.466 e. The van der Waals surface area contributed by atoms with E-state index in [0.717, 1.165) is 30.2 Å². The molecule has 0 aliphatic heterocycles. The zero-order valence-corrected chi connectivity index (χ0v) is 14.6. The Balaban J connectivity index is 2.09. The second kappa shape index (κ2) is 11.0. The summed E-state index contributed by atoms with van der Waals surface area (Å²) in [4.78, 5) is 13.6. The van der Waals surface area contributed by atoms with Crippen LogP contribution in [0.1, 0.15) is 24.0 Å². The van der Waals surface area contributed by atoms with Crippen LogP contribution in [-0.4, -0.2) is 43.9 Å². The van der Waals surface area contributed by atoms with Gasteiger partial charge in [-0.25, -0.2) is 0 Å². The Morgan fingerprint density at radius 1 is 1.33 bits per heavy atom. The van der Waals surface area contributed by atoms with Gasteiger partial charge in [0.1, 0.15) is 0 Å². The van der Waals surface area contributed by atoms with Gasteiger partial charge < -0.3 is 9.64 Å². The summed E-state index contributed by atoms with van der Waals surface area (Å²) in [5.74, 6) is 2.40. The van der Waals surface area contributed by atoms with Gasteiger partial charge in [0.25, 0.3) is 0 Å². The van der Waals surface area contributed by atoms with Gasteiger partial charge in [0.15, 0.2) is 0 Å². The summed E-state index contributed by atoms with van der Waals surface area (Å²) in [6, 6.07) is 8.41. The van der Waals surface area contributed by atoms with Crippen LogP contribution < -0.4 is 0 Å². The zero-order chi connectivity index (χ0) is 15.5. The first-order valence-corrected chi connectivity index (χ1v) is 8.97. The summed E-state index contributed by atoms with van der Waals surface area (Å²) in [6.45, 7) is 1.47. The van der Waals surface area contributed by atoms with E-state index in [0.29, 0.717) is 13.0 Å². The third kappa shape index (κ3) is 9.06. The molecule has 0 amide bonds. The number of esters is 1. The van der Waals surface area contributed by atoms with E-state index in [-0.39, 0.29) is 5.97 Å². The second-order valence-electron chi connectivity index (χ2n) is 5.16. The summed E-state index contributed by atoms with van der Waals surface area (Å²) in [5.41, 5.74) is 2.52. The molecule has 0 N–H and O–H groups in total. The number of rotatable bonds is 10. The fourth-order valence-electron chi connectivity index (χ4n) is 1.80. The molecule has 0 spiro atoms. The van der Waals surface area contributed by atoms with Gasteiger partial charge in [-0.2, -0.15) is 24.4 Å². The minimum atomic E-state index is -0.0923. The molecule has 0 aromatic heterocycles. The molecule has 0 saturated carbocycles. The van der Waals surface area contributed by atoms with Crippen molar-refractivity contribution in [3.05, 3.63) is 35.4 Å². The van der Waals surface area contributed by atoms with Gasteiger partial charge in [-0.05, 0) is 31.6 Å². The smallest absolute Gasteiger partial charge is 0.306 e. The number of benzene rings is 1. The average molecular weight is 328 g/mol. The van der Waals surface area contributed by atoms with Gasteiger partial charge >= 0.3 is 5.97 Å². The van der Waals surface area contributed by atoms with E-state index in [2.05, 4.69) is 41.8 Å². The molecule has 0 unspecified atom stereocenters. The van der Waals surface area contributed by atoms with Crippen molar-refractivity contribution in [2.75, 3.05) is 33.0 Å². The maximum Gasteiger partial charge on any atom is 0.306 e. The van der Waals surface area contributed by atoms with Crippen molar-refractivity contribution in [3.8, 4) is 0 Å². The number of hydrogen-bond acceptors (Lipinski definition) is 5. The summed E-state index contributed by atoms with van der Waals surface area (Å²) < 4.78 is 5.19. The quantitative estimate of drug-likeness (QED) is 0.406. The Hall–Kier alpha value is -0.650. The van der Waals surface area contributed by atoms with Crippen LogP contribution in [0.25, 0.3) is 0 Å². The van der Waals surface area contributed by atoms with Crippen LogP contribution in [0, 0.1) is 0 Å². The highest BCUT2D eigenvalue weighted by molar-refractivity contribution is 7.98. The zero-order valence-electron chi connectivity index (χ0n) is 12.9. The third-order valence-corrected chi connectivity index (χ3v) is 4.30. The predicted octanol–water partition coefficient (Wildman–Crippen LogP) is 3.23. The number of hydrogen-bond donors (Lipinski definition) is 1. The van der Waals surface area contributed by atoms with Crippen LogP contribution in [0.4, 0.5) is 0 Å². The Morgan fingerprint density at radius 3 is 2.81 bits per heavy atom. The number of carbonyl (C=O) groups excluding carboxylic acids is 1. The highest BCUT2D eigenvalue weighted by atomic mass is 32.2. The van der Waals surface area contributed by atoms with Gasteiger partial charge in [0.2, 0.25) is 0 Å². The van der Waals surface area contributed by atoms with Crippen molar-refractivity contribution >= 4 is 30.4 Å². The Morgan fingerprint density at radius 2 is 2.10 bits per heavy atom. The molecule has 0 heterocycles. The number of nitrogens with zero attached hydrogens (tertiary/aromatic N) is 1. The maximum atomic E-state index is 11.5. The van der Waals surface area contributed by atoms with Crippen LogP contribution in [-0.2, 0) is 21.0 Å². The molecule has 118 valence electrons. The molecule has 0 aliphatic rings. The molecule has 0 fully saturated rings. The molecule has 1 rings (SSSR count). The van der Waals surface area contributed by atoms with Crippen LogP contribution in [0.3, 0.4) is 0 Å². The first-order chi connectivity index (χ1) is 10.1. The summed E-state index contributed by atoms with van der Waals surface area (Å²) in [5, 5.41) is 0. The Kier molecular flexibility index (Phi) is 9.63. The summed E-state index contributed by atoms with van der Waals surface area (Å²) >= 11 is 6.04. The van der Waals surface area contributed by atoms with Gasteiger partial charge in [-0.15, -0.1) is 0 Å².